The number of ether oxygens (including phenoxy) is 1. The molecule has 2 aromatic rings. The normalized spacial score (nSPS) is 18.5. The van der Waals surface area contributed by atoms with Gasteiger partial charge >= 0.3 is 51.2 Å². The summed E-state index contributed by atoms with van der Waals surface area (Å²) in [6, 6.07) is 4.66. The van der Waals surface area contributed by atoms with Gasteiger partial charge in [-0.1, -0.05) is 77.0 Å². The van der Waals surface area contributed by atoms with Crippen molar-refractivity contribution >= 4 is 113 Å². The number of carbonyl (C=O) groups is 2. The zero-order chi connectivity index (χ0) is 36.6. The van der Waals surface area contributed by atoms with Crippen LogP contribution in [0.15, 0.2) is 24.3 Å². The molecule has 0 radical (unpaired) electrons. The maximum atomic E-state index is 14.1. The van der Waals surface area contributed by atoms with Crippen molar-refractivity contribution in [2.75, 3.05) is 54.5 Å². The Bertz CT molecular complexity index is 1780. The molecule has 14 nitrogen and oxygen atoms in total. The molecule has 0 unspecified atom stereocenters. The topological polar surface area (TPSA) is 206 Å². The molecule has 2 fully saturated rings. The Hall–Kier alpha value is -1.22. The number of halogens is 10. The predicted molar refractivity (Wildman–Crippen MR) is 185 cm³/mol. The third-order valence-corrected chi connectivity index (χ3v) is 11.3. The van der Waals surface area contributed by atoms with Gasteiger partial charge in [0.15, 0.2) is 0 Å². The van der Waals surface area contributed by atoms with Gasteiger partial charge in [0.25, 0.3) is 11.8 Å². The minimum atomic E-state index is -4.55. The molecule has 0 amide bonds. The van der Waals surface area contributed by atoms with Gasteiger partial charge in [-0.15, -0.1) is 0 Å². The minimum Gasteiger partial charge on any atom is -0.870 e. The van der Waals surface area contributed by atoms with Crippen molar-refractivity contribution in [2.45, 2.75) is 26.2 Å². The van der Waals surface area contributed by atoms with Crippen LogP contribution in [0.2, 0.25) is 30.1 Å². The first kappa shape index (κ1) is 52.9. The van der Waals surface area contributed by atoms with Crippen LogP contribution in [0.5, 0.6) is 0 Å². The summed E-state index contributed by atoms with van der Waals surface area (Å²) < 4.78 is 112. The summed E-state index contributed by atoms with van der Waals surface area (Å²) in [5.41, 5.74) is -0.714. The number of esters is 1. The van der Waals surface area contributed by atoms with E-state index in [1.807, 2.05) is 0 Å². The van der Waals surface area contributed by atoms with Gasteiger partial charge in [0.05, 0.1) is 51.2 Å². The molecular weight excluding hydrogens is 876 g/mol. The summed E-state index contributed by atoms with van der Waals surface area (Å²) in [6.45, 7) is -5.27. The van der Waals surface area contributed by atoms with E-state index in [9.17, 15) is 44.0 Å². The zero-order valence-electron chi connectivity index (χ0n) is 25.9. The molecule has 0 spiro atoms. The number of carboxylic acid groups (broad SMARTS) is 1. The average Bonchev–Trinajstić information content (AvgIpc) is 2.88. The predicted octanol–water partition coefficient (Wildman–Crippen LogP) is 2.58. The number of anilines is 2. The molecule has 2 aliphatic heterocycles. The second-order valence-corrected chi connectivity index (χ2v) is 16.1. The number of rotatable bonds is 7. The van der Waals surface area contributed by atoms with Gasteiger partial charge < -0.3 is 20.8 Å². The SMILES string of the molecule is C.CCOC(=O)CN1CC(F)(F)CN(c2c(Cl)cc(Cl)cc2Cl)S1(=O)=O.O.O=C(O)CN1CC(F)(F)CN(c2c(Cl)cc(Cl)cc2Cl)S1(=O)=O.[Li+].[OH-]. The summed E-state index contributed by atoms with van der Waals surface area (Å²) in [5, 5.41) is 8.01. The maximum Gasteiger partial charge on any atom is 1.00 e. The summed E-state index contributed by atoms with van der Waals surface area (Å²) >= 11 is 35.2. The minimum absolute atomic E-state index is 0. The van der Waals surface area contributed by atoms with Crippen molar-refractivity contribution in [3.05, 3.63) is 54.4 Å². The molecule has 2 heterocycles. The Morgan fingerprint density at radius 3 is 1.33 bits per heavy atom. The molecule has 0 saturated carbocycles. The van der Waals surface area contributed by atoms with Crippen molar-refractivity contribution in [1.29, 1.82) is 0 Å². The fourth-order valence-corrected chi connectivity index (χ4v) is 9.96. The van der Waals surface area contributed by atoms with Crippen LogP contribution in [0.3, 0.4) is 0 Å². The van der Waals surface area contributed by atoms with E-state index in [-0.39, 0.29) is 89.7 Å². The number of aliphatic carboxylic acids is 1. The van der Waals surface area contributed by atoms with Crippen molar-refractivity contribution in [3.63, 3.8) is 0 Å². The average molecular weight is 905 g/mol. The maximum absolute atomic E-state index is 14.1. The van der Waals surface area contributed by atoms with Crippen LogP contribution in [-0.2, 0) is 34.7 Å². The van der Waals surface area contributed by atoms with Gasteiger partial charge in [-0.2, -0.15) is 25.4 Å². The molecule has 0 bridgehead atoms. The quantitative estimate of drug-likeness (QED) is 0.246. The van der Waals surface area contributed by atoms with Gasteiger partial charge in [0.1, 0.15) is 26.2 Å². The summed E-state index contributed by atoms with van der Waals surface area (Å²) in [6.07, 6.45) is 0. The number of benzene rings is 2. The number of alkyl halides is 4. The van der Waals surface area contributed by atoms with Crippen LogP contribution in [0.4, 0.5) is 28.9 Å². The number of hydrogen-bond acceptors (Lipinski definition) is 8. The first-order valence-electron chi connectivity index (χ1n) is 12.9. The van der Waals surface area contributed by atoms with Crippen molar-refractivity contribution < 1.29 is 83.6 Å². The van der Waals surface area contributed by atoms with Crippen LogP contribution < -0.4 is 27.5 Å². The van der Waals surface area contributed by atoms with E-state index in [4.69, 9.17) is 74.7 Å². The van der Waals surface area contributed by atoms with E-state index in [2.05, 4.69) is 4.74 Å². The third-order valence-electron chi connectivity index (χ3n) is 6.16. The van der Waals surface area contributed by atoms with Crippen LogP contribution in [-0.4, -0.2) is 111 Å². The Kier molecular flexibility index (Phi) is 20.4. The van der Waals surface area contributed by atoms with Gasteiger partial charge in [-0.3, -0.25) is 9.59 Å². The fourth-order valence-electron chi connectivity index (χ4n) is 4.35. The van der Waals surface area contributed by atoms with Crippen molar-refractivity contribution in [1.82, 2.24) is 8.61 Å². The third kappa shape index (κ3) is 12.7. The Balaban J connectivity index is 0. The summed E-state index contributed by atoms with van der Waals surface area (Å²) in [4.78, 5) is 22.3. The smallest absolute Gasteiger partial charge is 0.870 e. The Morgan fingerprint density at radius 1 is 0.731 bits per heavy atom. The van der Waals surface area contributed by atoms with Crippen LogP contribution in [0.1, 0.15) is 14.4 Å². The van der Waals surface area contributed by atoms with Crippen LogP contribution >= 0.6 is 69.6 Å². The number of nitrogens with zero attached hydrogens (tertiary/aromatic N) is 4. The molecule has 2 aliphatic rings. The Morgan fingerprint density at radius 2 is 1.04 bits per heavy atom. The standard InChI is InChI=1S/C13H13Cl3F2N2O4S.C11H9Cl3F2N2O4S.CH4.Li.2H2O/c1-2-24-11(21)5-19-6-13(17,18)7-20(25(19,22)23)12-9(15)3-8(14)4-10(12)16;12-6-1-7(13)10(8(14)2-6)18-5-11(15,16)4-17(3-9(19)20)23(18,21)22;;;;/h3-4H,2,5-7H2,1H3;1-2H,3-5H2,(H,19,20);1H4;;2*1H2/q;;;+1;;/p-1. The van der Waals surface area contributed by atoms with E-state index in [0.29, 0.717) is 12.9 Å². The van der Waals surface area contributed by atoms with Crippen LogP contribution in [0, 0.1) is 0 Å². The van der Waals surface area contributed by atoms with Gasteiger partial charge in [0, 0.05) is 10.0 Å². The first-order chi connectivity index (χ1) is 21.9. The van der Waals surface area contributed by atoms with Crippen LogP contribution in [0.25, 0.3) is 0 Å². The molecule has 2 saturated heterocycles. The van der Waals surface area contributed by atoms with Crippen molar-refractivity contribution in [2.24, 2.45) is 0 Å². The van der Waals surface area contributed by atoms with E-state index in [1.54, 1.807) is 0 Å². The molecule has 0 aliphatic carbocycles. The van der Waals surface area contributed by atoms with E-state index < -0.39 is 83.5 Å². The summed E-state index contributed by atoms with van der Waals surface area (Å²) in [5.74, 6) is -9.45. The molecule has 4 rings (SSSR count). The van der Waals surface area contributed by atoms with Gasteiger partial charge in [-0.05, 0) is 31.2 Å². The van der Waals surface area contributed by atoms with Crippen molar-refractivity contribution in [3.8, 4) is 0 Å². The monoisotopic (exact) mass is 902 g/mol. The number of carboxylic acids is 1. The van der Waals surface area contributed by atoms with Gasteiger partial charge in [0.2, 0.25) is 0 Å². The molecule has 52 heavy (non-hydrogen) atoms. The molecule has 292 valence electrons. The van der Waals surface area contributed by atoms with E-state index in [1.165, 1.54) is 19.1 Å². The number of carbonyl (C=O) groups excluding carboxylic acids is 1. The second kappa shape index (κ2) is 20.1. The molecule has 27 heteroatoms. The van der Waals surface area contributed by atoms with E-state index >= 15 is 0 Å². The molecule has 0 aromatic heterocycles. The molecule has 4 N–H and O–H groups in total. The molecule has 2 aromatic carbocycles. The summed E-state index contributed by atoms with van der Waals surface area (Å²) in [7, 11) is -9.03. The molecular formula is C25H29Cl6F4LiN4O10S2. The van der Waals surface area contributed by atoms with Gasteiger partial charge in [-0.25, -0.2) is 26.2 Å². The Labute approximate surface area is 338 Å². The fraction of sp³-hybridized carbons (Fsp3) is 0.440. The zero-order valence-corrected chi connectivity index (χ0v) is 32.1. The second-order valence-electron chi connectivity index (χ2n) is 9.91. The first-order valence-corrected chi connectivity index (χ1v) is 18.0. The molecule has 0 atom stereocenters. The largest absolute Gasteiger partial charge is 1.00 e. The van der Waals surface area contributed by atoms with E-state index in [0.717, 1.165) is 12.1 Å². The number of hydrogen-bond donors (Lipinski definition) is 1.